The molecule has 0 saturated carbocycles. The molecule has 1 heterocycles. The van der Waals surface area contributed by atoms with Crippen molar-refractivity contribution in [2.75, 3.05) is 11.9 Å². The van der Waals surface area contributed by atoms with Gasteiger partial charge in [0, 0.05) is 24.2 Å². The summed E-state index contributed by atoms with van der Waals surface area (Å²) in [5.41, 5.74) is 8.22. The predicted octanol–water partition coefficient (Wildman–Crippen LogP) is 4.78. The van der Waals surface area contributed by atoms with E-state index in [1.807, 2.05) is 31.2 Å². The number of benzene rings is 2. The van der Waals surface area contributed by atoms with Gasteiger partial charge in [0.2, 0.25) is 0 Å². The average Bonchev–Trinajstić information content (AvgIpc) is 3.18. The molecule has 0 amide bonds. The molecule has 0 aliphatic heterocycles. The fourth-order valence-electron chi connectivity index (χ4n) is 2.56. The Labute approximate surface area is 193 Å². The van der Waals surface area contributed by atoms with E-state index < -0.39 is 6.36 Å². The van der Waals surface area contributed by atoms with E-state index in [4.69, 9.17) is 10.3 Å². The summed E-state index contributed by atoms with van der Waals surface area (Å²) in [6, 6.07) is 12.9. The first-order chi connectivity index (χ1) is 14.3. The first kappa shape index (κ1) is 24.4. The Kier molecular flexibility index (Phi) is 8.65. The van der Waals surface area contributed by atoms with Crippen LogP contribution in [0, 0.1) is 0 Å². The third-order valence-electron chi connectivity index (χ3n) is 4.03. The average molecular weight is 547 g/mol. The molecule has 3 aromatic rings. The molecule has 0 aliphatic carbocycles. The molecular weight excluding hydrogens is 526 g/mol. The molecule has 7 nitrogen and oxygen atoms in total. The molecule has 3 N–H and O–H groups in total. The van der Waals surface area contributed by atoms with E-state index in [1.54, 1.807) is 0 Å². The van der Waals surface area contributed by atoms with Crippen LogP contribution in [0.4, 0.5) is 18.9 Å². The lowest BCUT2D eigenvalue weighted by atomic mass is 10.1. The minimum atomic E-state index is -4.72. The fraction of sp³-hybridized carbons (Fsp3) is 0.250. The van der Waals surface area contributed by atoms with Crippen LogP contribution in [-0.2, 0) is 12.8 Å². The van der Waals surface area contributed by atoms with E-state index in [-0.39, 0.29) is 35.7 Å². The molecule has 31 heavy (non-hydrogen) atoms. The van der Waals surface area contributed by atoms with Gasteiger partial charge in [0.15, 0.2) is 11.8 Å². The van der Waals surface area contributed by atoms with Crippen LogP contribution in [0.2, 0.25) is 0 Å². The third-order valence-corrected chi connectivity index (χ3v) is 4.03. The summed E-state index contributed by atoms with van der Waals surface area (Å²) >= 11 is 0. The zero-order valence-corrected chi connectivity index (χ0v) is 18.8. The minimum absolute atomic E-state index is 0. The zero-order chi connectivity index (χ0) is 21.6. The molecule has 166 valence electrons. The van der Waals surface area contributed by atoms with Crippen LogP contribution in [0.15, 0.2) is 58.0 Å². The van der Waals surface area contributed by atoms with Gasteiger partial charge >= 0.3 is 6.36 Å². The third kappa shape index (κ3) is 7.74. The van der Waals surface area contributed by atoms with Gasteiger partial charge in [0.1, 0.15) is 5.75 Å². The van der Waals surface area contributed by atoms with Gasteiger partial charge in [0.05, 0.1) is 0 Å². The lowest BCUT2D eigenvalue weighted by molar-refractivity contribution is -0.274. The molecule has 0 fully saturated rings. The fourth-order valence-corrected chi connectivity index (χ4v) is 2.56. The Bertz CT molecular complexity index is 989. The van der Waals surface area contributed by atoms with Gasteiger partial charge in [-0.25, -0.2) is 0 Å². The van der Waals surface area contributed by atoms with E-state index in [2.05, 4.69) is 25.2 Å². The number of nitrogens with one attached hydrogen (secondary N) is 1. The Morgan fingerprint density at radius 2 is 1.81 bits per heavy atom. The smallest absolute Gasteiger partial charge is 0.406 e. The van der Waals surface area contributed by atoms with Crippen molar-refractivity contribution in [1.82, 2.24) is 10.1 Å². The molecule has 3 rings (SSSR count). The Hall–Kier alpha value is -2.83. The van der Waals surface area contributed by atoms with Crippen LogP contribution < -0.4 is 15.8 Å². The van der Waals surface area contributed by atoms with Gasteiger partial charge in [-0.3, -0.25) is 4.99 Å². The summed E-state index contributed by atoms with van der Waals surface area (Å²) in [4.78, 5) is 8.51. The molecule has 0 aliphatic rings. The van der Waals surface area contributed by atoms with Gasteiger partial charge in [0.25, 0.3) is 5.89 Å². The maximum Gasteiger partial charge on any atom is 0.573 e. The quantitative estimate of drug-likeness (QED) is 0.251. The summed E-state index contributed by atoms with van der Waals surface area (Å²) in [5.74, 6) is 0.998. The predicted molar refractivity (Wildman–Crippen MR) is 121 cm³/mol. The Morgan fingerprint density at radius 3 is 2.39 bits per heavy atom. The van der Waals surface area contributed by atoms with Gasteiger partial charge in [-0.1, -0.05) is 24.2 Å². The number of aromatic nitrogens is 2. The lowest BCUT2D eigenvalue weighted by Crippen LogP contribution is -2.23. The van der Waals surface area contributed by atoms with Crippen molar-refractivity contribution in [3.8, 4) is 17.2 Å². The lowest BCUT2D eigenvalue weighted by Gasteiger charge is -2.10. The second-order valence-electron chi connectivity index (χ2n) is 6.28. The summed E-state index contributed by atoms with van der Waals surface area (Å²) in [5, 5.41) is 6.70. The molecule has 2 aromatic carbocycles. The normalized spacial score (nSPS) is 11.7. The Balaban J connectivity index is 0.00000341. The van der Waals surface area contributed by atoms with Crippen LogP contribution in [0.1, 0.15) is 18.3 Å². The van der Waals surface area contributed by atoms with Crippen LogP contribution in [0.5, 0.6) is 5.75 Å². The summed E-state index contributed by atoms with van der Waals surface area (Å²) in [6.07, 6.45) is -3.36. The zero-order valence-electron chi connectivity index (χ0n) is 16.5. The number of halogens is 4. The number of alkyl halides is 3. The number of nitrogens with two attached hydrogens (primary N) is 1. The van der Waals surface area contributed by atoms with Crippen LogP contribution in [0.25, 0.3) is 11.5 Å². The largest absolute Gasteiger partial charge is 0.573 e. The number of rotatable bonds is 7. The van der Waals surface area contributed by atoms with Crippen molar-refractivity contribution in [3.05, 3.63) is 59.9 Å². The number of hydrogen-bond donors (Lipinski definition) is 2. The van der Waals surface area contributed by atoms with E-state index >= 15 is 0 Å². The molecule has 0 atom stereocenters. The molecule has 0 bridgehead atoms. The van der Waals surface area contributed by atoms with E-state index in [9.17, 15) is 13.2 Å². The number of guanidine groups is 1. The summed E-state index contributed by atoms with van der Waals surface area (Å²) in [6.45, 7) is 2.39. The molecule has 0 radical (unpaired) electrons. The highest BCUT2D eigenvalue weighted by molar-refractivity contribution is 14.0. The molecule has 0 unspecified atom stereocenters. The molecule has 11 heteroatoms. The van der Waals surface area contributed by atoms with Crippen LogP contribution >= 0.6 is 24.0 Å². The molecule has 0 saturated heterocycles. The van der Waals surface area contributed by atoms with Crippen LogP contribution in [-0.4, -0.2) is 29.0 Å². The van der Waals surface area contributed by atoms with Gasteiger partial charge < -0.3 is 20.3 Å². The number of nitrogens with zero attached hydrogens (tertiary/aromatic N) is 3. The molecule has 1 aromatic heterocycles. The van der Waals surface area contributed by atoms with Crippen molar-refractivity contribution in [1.29, 1.82) is 0 Å². The second kappa shape index (κ2) is 11.0. The van der Waals surface area contributed by atoms with Crippen LogP contribution in [0.3, 0.4) is 0 Å². The van der Waals surface area contributed by atoms with Crippen molar-refractivity contribution in [2.24, 2.45) is 10.7 Å². The van der Waals surface area contributed by atoms with Crippen molar-refractivity contribution < 1.29 is 22.4 Å². The highest BCUT2D eigenvalue weighted by atomic mass is 127. The van der Waals surface area contributed by atoms with Crippen molar-refractivity contribution in [3.63, 3.8) is 0 Å². The number of aliphatic imine (C=N–C) groups is 1. The first-order valence-corrected chi connectivity index (χ1v) is 9.17. The maximum atomic E-state index is 12.2. The number of hydrogen-bond acceptors (Lipinski definition) is 5. The number of anilines is 1. The highest BCUT2D eigenvalue weighted by Gasteiger charge is 2.30. The van der Waals surface area contributed by atoms with Gasteiger partial charge in [-0.2, -0.15) is 4.98 Å². The minimum Gasteiger partial charge on any atom is -0.406 e. The first-order valence-electron chi connectivity index (χ1n) is 9.17. The second-order valence-corrected chi connectivity index (χ2v) is 6.28. The summed E-state index contributed by atoms with van der Waals surface area (Å²) in [7, 11) is 0. The van der Waals surface area contributed by atoms with E-state index in [0.717, 1.165) is 11.1 Å². The molecular formula is C20H21F3IN5O2. The van der Waals surface area contributed by atoms with Gasteiger partial charge in [-0.05, 0) is 48.4 Å². The Morgan fingerprint density at radius 1 is 1.13 bits per heavy atom. The topological polar surface area (TPSA) is 98.6 Å². The summed E-state index contributed by atoms with van der Waals surface area (Å²) < 4.78 is 45.5. The monoisotopic (exact) mass is 547 g/mol. The number of ether oxygens (including phenoxy) is 1. The van der Waals surface area contributed by atoms with E-state index in [0.29, 0.717) is 36.8 Å². The SMILES string of the molecule is CCc1noc(-c2ccc(CCN=C(N)Nc3ccc(OC(F)(F)F)cc3)cc2)n1.I. The standard InChI is InChI=1S/C20H20F3N5O2.HI/c1-2-17-27-18(30-28-17)14-5-3-13(4-6-14)11-12-25-19(24)26-15-7-9-16(10-8-15)29-20(21,22)23;/h3-10H,2,11-12H2,1H3,(H3,24,25,26);1H. The van der Waals surface area contributed by atoms with Gasteiger partial charge in [-0.15, -0.1) is 37.1 Å². The van der Waals surface area contributed by atoms with Crippen molar-refractivity contribution in [2.45, 2.75) is 26.1 Å². The van der Waals surface area contributed by atoms with Crippen molar-refractivity contribution >= 4 is 35.6 Å². The maximum absolute atomic E-state index is 12.2. The molecule has 0 spiro atoms. The van der Waals surface area contributed by atoms with E-state index in [1.165, 1.54) is 24.3 Å². The highest BCUT2D eigenvalue weighted by Crippen LogP contribution is 2.24. The number of aryl methyl sites for hydroxylation is 1.